The Hall–Kier alpha value is -2.54. The Balaban J connectivity index is 1.33. The van der Waals surface area contributed by atoms with E-state index < -0.39 is 0 Å². The monoisotopic (exact) mass is 387 g/mol. The summed E-state index contributed by atoms with van der Waals surface area (Å²) < 4.78 is 27.6. The van der Waals surface area contributed by atoms with E-state index in [4.69, 9.17) is 0 Å². The topological polar surface area (TPSA) is 45.2 Å². The molecule has 0 unspecified atom stereocenters. The summed E-state index contributed by atoms with van der Waals surface area (Å²) in [5.74, 6) is -0.612. The van der Waals surface area contributed by atoms with Crippen LogP contribution in [0.2, 0.25) is 0 Å². The zero-order valence-corrected chi connectivity index (χ0v) is 15.4. The fourth-order valence-electron chi connectivity index (χ4n) is 3.31. The molecule has 0 atom stereocenters. The molecule has 1 saturated heterocycles. The highest BCUT2D eigenvalue weighted by Crippen LogP contribution is 2.32. The van der Waals surface area contributed by atoms with E-state index in [1.807, 2.05) is 6.07 Å². The highest BCUT2D eigenvalue weighted by molar-refractivity contribution is 7.22. The maximum atomic E-state index is 13.8. The Kier molecular flexibility index (Phi) is 5.03. The number of halogens is 2. The number of nitrogens with one attached hydrogen (secondary N) is 1. The first kappa shape index (κ1) is 17.9. The zero-order chi connectivity index (χ0) is 18.8. The fraction of sp³-hybridized carbons (Fsp3) is 0.300. The van der Waals surface area contributed by atoms with Crippen molar-refractivity contribution in [1.82, 2.24) is 10.3 Å². The average Bonchev–Trinajstić information content (AvgIpc) is 3.13. The molecule has 0 saturated carbocycles. The second-order valence-electron chi connectivity index (χ2n) is 6.69. The normalized spacial score (nSPS) is 15.3. The zero-order valence-electron chi connectivity index (χ0n) is 14.6. The second kappa shape index (κ2) is 7.60. The second-order valence-corrected chi connectivity index (χ2v) is 7.70. The molecule has 7 heteroatoms. The number of carbonyl (C=O) groups is 1. The van der Waals surface area contributed by atoms with Gasteiger partial charge in [-0.2, -0.15) is 0 Å². The minimum Gasteiger partial charge on any atom is -0.352 e. The van der Waals surface area contributed by atoms with Gasteiger partial charge in [0, 0.05) is 25.6 Å². The molecule has 3 aromatic rings. The molecule has 4 nitrogen and oxygen atoms in total. The number of hydrogen-bond acceptors (Lipinski definition) is 4. The van der Waals surface area contributed by atoms with E-state index in [-0.39, 0.29) is 23.5 Å². The van der Waals surface area contributed by atoms with E-state index in [0.717, 1.165) is 41.3 Å². The molecule has 27 heavy (non-hydrogen) atoms. The Morgan fingerprint density at radius 3 is 2.59 bits per heavy atom. The van der Waals surface area contributed by atoms with Gasteiger partial charge < -0.3 is 10.2 Å². The summed E-state index contributed by atoms with van der Waals surface area (Å²) in [6.07, 6.45) is 1.46. The summed E-state index contributed by atoms with van der Waals surface area (Å²) in [6.45, 7) is 1.84. The predicted octanol–water partition coefficient (Wildman–Crippen LogP) is 4.11. The number of fused-ring (bicyclic) bond motifs is 1. The Morgan fingerprint density at radius 2 is 1.89 bits per heavy atom. The van der Waals surface area contributed by atoms with Gasteiger partial charge in [-0.05, 0) is 42.7 Å². The van der Waals surface area contributed by atoms with Gasteiger partial charge in [-0.1, -0.05) is 29.5 Å². The molecule has 2 aromatic carbocycles. The van der Waals surface area contributed by atoms with Crippen molar-refractivity contribution in [2.24, 2.45) is 5.92 Å². The van der Waals surface area contributed by atoms with E-state index in [9.17, 15) is 13.6 Å². The smallest absolute Gasteiger partial charge is 0.223 e. The predicted molar refractivity (Wildman–Crippen MR) is 103 cm³/mol. The average molecular weight is 387 g/mol. The number of anilines is 1. The van der Waals surface area contributed by atoms with E-state index in [2.05, 4.69) is 15.2 Å². The van der Waals surface area contributed by atoms with Crippen LogP contribution in [0.25, 0.3) is 10.2 Å². The molecule has 1 aromatic heterocycles. The molecule has 140 valence electrons. The number of piperidine rings is 1. The van der Waals surface area contributed by atoms with Crippen molar-refractivity contribution in [2.45, 2.75) is 19.4 Å². The number of hydrogen-bond donors (Lipinski definition) is 1. The lowest BCUT2D eigenvalue weighted by Crippen LogP contribution is -2.40. The van der Waals surface area contributed by atoms with Crippen molar-refractivity contribution < 1.29 is 13.6 Å². The number of aromatic nitrogens is 1. The van der Waals surface area contributed by atoms with Crippen LogP contribution >= 0.6 is 11.3 Å². The van der Waals surface area contributed by atoms with Gasteiger partial charge in [0.05, 0.1) is 4.70 Å². The summed E-state index contributed by atoms with van der Waals surface area (Å²) in [7, 11) is 0. The van der Waals surface area contributed by atoms with Crippen LogP contribution < -0.4 is 10.2 Å². The third kappa shape index (κ3) is 3.93. The van der Waals surface area contributed by atoms with E-state index in [0.29, 0.717) is 12.1 Å². The Bertz CT molecular complexity index is 950. The first-order valence-corrected chi connectivity index (χ1v) is 9.74. The summed E-state index contributed by atoms with van der Waals surface area (Å²) in [4.78, 5) is 18.9. The van der Waals surface area contributed by atoms with Gasteiger partial charge in [-0.25, -0.2) is 13.8 Å². The van der Waals surface area contributed by atoms with E-state index in [1.54, 1.807) is 18.2 Å². The summed E-state index contributed by atoms with van der Waals surface area (Å²) in [5, 5.41) is 3.73. The Labute approximate surface area is 159 Å². The molecular weight excluding hydrogens is 368 g/mol. The number of nitrogens with zero attached hydrogens (tertiary/aromatic N) is 2. The molecule has 1 N–H and O–H groups in total. The molecule has 1 fully saturated rings. The summed E-state index contributed by atoms with van der Waals surface area (Å²) in [6, 6.07) is 11.1. The van der Waals surface area contributed by atoms with E-state index >= 15 is 0 Å². The lowest BCUT2D eigenvalue weighted by molar-refractivity contribution is -0.125. The van der Waals surface area contributed by atoms with Gasteiger partial charge in [0.25, 0.3) is 0 Å². The van der Waals surface area contributed by atoms with Crippen LogP contribution in [0.3, 0.4) is 0 Å². The minimum atomic E-state index is -0.301. The maximum Gasteiger partial charge on any atom is 0.223 e. The molecule has 1 aliphatic heterocycles. The quantitative estimate of drug-likeness (QED) is 0.733. The van der Waals surface area contributed by atoms with Crippen molar-refractivity contribution in [2.75, 3.05) is 18.0 Å². The molecule has 0 bridgehead atoms. The summed E-state index contributed by atoms with van der Waals surface area (Å²) >= 11 is 1.48. The molecule has 0 spiro atoms. The van der Waals surface area contributed by atoms with Gasteiger partial charge in [0.15, 0.2) is 5.13 Å². The van der Waals surface area contributed by atoms with Crippen molar-refractivity contribution in [1.29, 1.82) is 0 Å². The van der Waals surface area contributed by atoms with Crippen LogP contribution in [0.5, 0.6) is 0 Å². The largest absolute Gasteiger partial charge is 0.352 e. The molecule has 2 heterocycles. The fourth-order valence-corrected chi connectivity index (χ4v) is 4.34. The minimum absolute atomic E-state index is 0.0225. The SMILES string of the molecule is O=C(NCc1ccc(F)cc1)C1CCN(c2nc3c(F)cccc3s2)CC1. The van der Waals surface area contributed by atoms with Crippen molar-refractivity contribution in [3.8, 4) is 0 Å². The Morgan fingerprint density at radius 1 is 1.15 bits per heavy atom. The lowest BCUT2D eigenvalue weighted by atomic mass is 9.96. The molecule has 4 rings (SSSR count). The highest BCUT2D eigenvalue weighted by atomic mass is 32.1. The third-order valence-electron chi connectivity index (χ3n) is 4.87. The highest BCUT2D eigenvalue weighted by Gasteiger charge is 2.26. The molecule has 0 radical (unpaired) electrons. The standard InChI is InChI=1S/C20H19F2N3OS/c21-15-6-4-13(5-7-15)12-23-19(26)14-8-10-25(11-9-14)20-24-18-16(22)2-1-3-17(18)27-20/h1-7,14H,8-12H2,(H,23,26). The van der Waals surface area contributed by atoms with Gasteiger partial charge in [-0.15, -0.1) is 0 Å². The van der Waals surface area contributed by atoms with Gasteiger partial charge in [0.1, 0.15) is 17.2 Å². The number of carbonyl (C=O) groups excluding carboxylic acids is 1. The first-order valence-electron chi connectivity index (χ1n) is 8.92. The van der Waals surface area contributed by atoms with Crippen LogP contribution in [-0.2, 0) is 11.3 Å². The lowest BCUT2D eigenvalue weighted by Gasteiger charge is -2.31. The van der Waals surface area contributed by atoms with Gasteiger partial charge in [0.2, 0.25) is 5.91 Å². The molecule has 0 aliphatic carbocycles. The van der Waals surface area contributed by atoms with Crippen LogP contribution in [0, 0.1) is 17.6 Å². The first-order chi connectivity index (χ1) is 13.1. The van der Waals surface area contributed by atoms with Crippen molar-refractivity contribution >= 4 is 32.6 Å². The van der Waals surface area contributed by atoms with Crippen LogP contribution in [0.15, 0.2) is 42.5 Å². The number of rotatable bonds is 4. The number of para-hydroxylation sites is 1. The number of benzene rings is 2. The summed E-state index contributed by atoms with van der Waals surface area (Å²) in [5.41, 5.74) is 1.29. The van der Waals surface area contributed by atoms with Crippen LogP contribution in [0.4, 0.5) is 13.9 Å². The van der Waals surface area contributed by atoms with Crippen LogP contribution in [0.1, 0.15) is 18.4 Å². The number of amides is 1. The molecular formula is C20H19F2N3OS. The van der Waals surface area contributed by atoms with Crippen molar-refractivity contribution in [3.05, 3.63) is 59.7 Å². The van der Waals surface area contributed by atoms with Crippen LogP contribution in [-0.4, -0.2) is 24.0 Å². The number of thiazole rings is 1. The van der Waals surface area contributed by atoms with Gasteiger partial charge >= 0.3 is 0 Å². The molecule has 1 aliphatic rings. The maximum absolute atomic E-state index is 13.8. The third-order valence-corrected chi connectivity index (χ3v) is 5.96. The van der Waals surface area contributed by atoms with Gasteiger partial charge in [-0.3, -0.25) is 4.79 Å². The molecule has 1 amide bonds. The van der Waals surface area contributed by atoms with Crippen molar-refractivity contribution in [3.63, 3.8) is 0 Å². The van der Waals surface area contributed by atoms with E-state index in [1.165, 1.54) is 29.5 Å².